The molecule has 1 N–H and O–H groups in total. The van der Waals surface area contributed by atoms with Gasteiger partial charge in [-0.25, -0.2) is 0 Å². The predicted octanol–water partition coefficient (Wildman–Crippen LogP) is 2.27. The van der Waals surface area contributed by atoms with Gasteiger partial charge in [-0.1, -0.05) is 19.8 Å². The third-order valence-electron chi connectivity index (χ3n) is 5.31. The highest BCUT2D eigenvalue weighted by Crippen LogP contribution is 2.28. The number of hydrogen-bond donors (Lipinski definition) is 1. The number of ether oxygens (including phenoxy) is 1. The molecule has 3 fully saturated rings. The minimum atomic E-state index is 0.426. The van der Waals surface area contributed by atoms with Crippen LogP contribution in [0.1, 0.15) is 45.4 Å². The maximum Gasteiger partial charge on any atom is 0.0826 e. The Kier molecular flexibility index (Phi) is 4.78. The van der Waals surface area contributed by atoms with E-state index in [-0.39, 0.29) is 0 Å². The van der Waals surface area contributed by atoms with E-state index in [4.69, 9.17) is 4.74 Å². The summed E-state index contributed by atoms with van der Waals surface area (Å²) in [5, 5.41) is 3.67. The number of fused-ring (bicyclic) bond motifs is 1. The lowest BCUT2D eigenvalue weighted by atomic mass is 9.82. The average molecular weight is 266 g/mol. The van der Waals surface area contributed by atoms with Crippen LogP contribution in [0.4, 0.5) is 0 Å². The Morgan fingerprint density at radius 3 is 3.00 bits per heavy atom. The van der Waals surface area contributed by atoms with Gasteiger partial charge in [0.2, 0.25) is 0 Å². The fourth-order valence-electron chi connectivity index (χ4n) is 4.20. The van der Waals surface area contributed by atoms with Crippen molar-refractivity contribution in [3.8, 4) is 0 Å². The number of hydrogen-bond acceptors (Lipinski definition) is 3. The monoisotopic (exact) mass is 266 g/mol. The summed E-state index contributed by atoms with van der Waals surface area (Å²) < 4.78 is 6.00. The zero-order valence-corrected chi connectivity index (χ0v) is 12.4. The molecular weight excluding hydrogens is 236 g/mol. The summed E-state index contributed by atoms with van der Waals surface area (Å²) in [6.45, 7) is 8.07. The Morgan fingerprint density at radius 2 is 2.11 bits per heavy atom. The van der Waals surface area contributed by atoms with Gasteiger partial charge in [0, 0.05) is 19.1 Å². The Morgan fingerprint density at radius 1 is 1.16 bits per heavy atom. The average Bonchev–Trinajstić information content (AvgIpc) is 2.86. The molecule has 0 bridgehead atoms. The molecule has 110 valence electrons. The van der Waals surface area contributed by atoms with Crippen molar-refractivity contribution < 1.29 is 4.74 Å². The van der Waals surface area contributed by atoms with Crippen molar-refractivity contribution in [2.24, 2.45) is 11.8 Å². The summed E-state index contributed by atoms with van der Waals surface area (Å²) in [5.74, 6) is 1.85. The normalized spacial score (nSPS) is 40.3. The molecule has 2 saturated heterocycles. The van der Waals surface area contributed by atoms with Crippen LogP contribution in [-0.2, 0) is 4.74 Å². The number of morpholine rings is 1. The Hall–Kier alpha value is -0.120. The van der Waals surface area contributed by atoms with Gasteiger partial charge in [0.1, 0.15) is 0 Å². The van der Waals surface area contributed by atoms with Crippen molar-refractivity contribution in [3.63, 3.8) is 0 Å². The van der Waals surface area contributed by atoms with E-state index in [2.05, 4.69) is 17.1 Å². The molecule has 4 atom stereocenters. The van der Waals surface area contributed by atoms with Crippen LogP contribution in [0.5, 0.6) is 0 Å². The molecule has 0 spiro atoms. The van der Waals surface area contributed by atoms with E-state index < -0.39 is 0 Å². The molecule has 0 aromatic rings. The number of rotatable bonds is 4. The van der Waals surface area contributed by atoms with Gasteiger partial charge in [0.05, 0.1) is 12.7 Å². The number of nitrogens with zero attached hydrogens (tertiary/aromatic N) is 1. The SMILES string of the molecule is CC1CCCC(CNCC2CN3CCCC3CO2)C1. The first kappa shape index (κ1) is 13.8. The fourth-order valence-corrected chi connectivity index (χ4v) is 4.20. The van der Waals surface area contributed by atoms with Gasteiger partial charge in [-0.2, -0.15) is 0 Å². The van der Waals surface area contributed by atoms with E-state index >= 15 is 0 Å². The van der Waals surface area contributed by atoms with Gasteiger partial charge in [-0.15, -0.1) is 0 Å². The molecule has 3 aliphatic rings. The van der Waals surface area contributed by atoms with Crippen LogP contribution in [0, 0.1) is 11.8 Å². The van der Waals surface area contributed by atoms with E-state index in [0.717, 1.165) is 37.6 Å². The third kappa shape index (κ3) is 3.71. The molecule has 2 aliphatic heterocycles. The van der Waals surface area contributed by atoms with E-state index in [0.29, 0.717) is 6.10 Å². The highest BCUT2D eigenvalue weighted by molar-refractivity contribution is 4.86. The van der Waals surface area contributed by atoms with Crippen LogP contribution in [0.3, 0.4) is 0 Å². The highest BCUT2D eigenvalue weighted by Gasteiger charge is 2.32. The van der Waals surface area contributed by atoms with Crippen molar-refractivity contribution in [2.45, 2.75) is 57.6 Å². The van der Waals surface area contributed by atoms with Gasteiger partial charge in [-0.05, 0) is 50.6 Å². The minimum Gasteiger partial charge on any atom is -0.374 e. The Labute approximate surface area is 118 Å². The first-order valence-electron chi connectivity index (χ1n) is 8.37. The summed E-state index contributed by atoms with van der Waals surface area (Å²) in [6.07, 6.45) is 8.87. The maximum atomic E-state index is 6.00. The van der Waals surface area contributed by atoms with Crippen LogP contribution < -0.4 is 5.32 Å². The molecule has 3 rings (SSSR count). The van der Waals surface area contributed by atoms with Crippen molar-refractivity contribution in [3.05, 3.63) is 0 Å². The van der Waals surface area contributed by atoms with Gasteiger partial charge >= 0.3 is 0 Å². The summed E-state index contributed by atoms with van der Waals surface area (Å²) in [4.78, 5) is 2.64. The molecule has 2 heterocycles. The van der Waals surface area contributed by atoms with E-state index in [1.165, 1.54) is 51.6 Å². The topological polar surface area (TPSA) is 24.5 Å². The quantitative estimate of drug-likeness (QED) is 0.845. The Bertz CT molecular complexity index is 284. The standard InChI is InChI=1S/C16H30N2O/c1-13-4-2-5-14(8-13)9-17-10-16-11-18-7-3-6-15(18)12-19-16/h13-17H,2-12H2,1H3. The summed E-state index contributed by atoms with van der Waals surface area (Å²) in [6, 6.07) is 0.732. The first-order chi connectivity index (χ1) is 9.31. The molecule has 0 amide bonds. The molecule has 3 heteroatoms. The molecular formula is C16H30N2O. The fraction of sp³-hybridized carbons (Fsp3) is 1.00. The number of nitrogens with one attached hydrogen (secondary N) is 1. The second kappa shape index (κ2) is 6.55. The smallest absolute Gasteiger partial charge is 0.0826 e. The lowest BCUT2D eigenvalue weighted by molar-refractivity contribution is -0.0472. The Balaban J connectivity index is 1.34. The van der Waals surface area contributed by atoms with Crippen molar-refractivity contribution in [1.82, 2.24) is 10.2 Å². The van der Waals surface area contributed by atoms with Crippen molar-refractivity contribution in [2.75, 3.05) is 32.8 Å². The van der Waals surface area contributed by atoms with Crippen molar-refractivity contribution >= 4 is 0 Å². The molecule has 4 unspecified atom stereocenters. The zero-order valence-electron chi connectivity index (χ0n) is 12.4. The van der Waals surface area contributed by atoms with Crippen LogP contribution in [-0.4, -0.2) is 49.8 Å². The van der Waals surface area contributed by atoms with Crippen molar-refractivity contribution in [1.29, 1.82) is 0 Å². The lowest BCUT2D eigenvalue weighted by Gasteiger charge is -2.35. The summed E-state index contributed by atoms with van der Waals surface area (Å²) in [7, 11) is 0. The molecule has 3 nitrogen and oxygen atoms in total. The van der Waals surface area contributed by atoms with Crippen LogP contribution >= 0.6 is 0 Å². The second-order valence-electron chi connectivity index (χ2n) is 7.04. The third-order valence-corrected chi connectivity index (χ3v) is 5.31. The molecule has 0 aromatic heterocycles. The lowest BCUT2D eigenvalue weighted by Crippen LogP contribution is -2.49. The van der Waals surface area contributed by atoms with Gasteiger partial charge in [-0.3, -0.25) is 4.90 Å². The van der Waals surface area contributed by atoms with Gasteiger partial charge in [0.25, 0.3) is 0 Å². The molecule has 0 aromatic carbocycles. The highest BCUT2D eigenvalue weighted by atomic mass is 16.5. The predicted molar refractivity (Wildman–Crippen MR) is 78.3 cm³/mol. The maximum absolute atomic E-state index is 6.00. The van der Waals surface area contributed by atoms with Crippen LogP contribution in [0.15, 0.2) is 0 Å². The second-order valence-corrected chi connectivity index (χ2v) is 7.04. The van der Waals surface area contributed by atoms with Crippen LogP contribution in [0.25, 0.3) is 0 Å². The van der Waals surface area contributed by atoms with Gasteiger partial charge < -0.3 is 10.1 Å². The zero-order chi connectivity index (χ0) is 13.1. The molecule has 1 aliphatic carbocycles. The largest absolute Gasteiger partial charge is 0.374 e. The molecule has 19 heavy (non-hydrogen) atoms. The van der Waals surface area contributed by atoms with Crippen LogP contribution in [0.2, 0.25) is 0 Å². The van der Waals surface area contributed by atoms with E-state index in [9.17, 15) is 0 Å². The summed E-state index contributed by atoms with van der Waals surface area (Å²) >= 11 is 0. The van der Waals surface area contributed by atoms with E-state index in [1.54, 1.807) is 0 Å². The first-order valence-corrected chi connectivity index (χ1v) is 8.37. The van der Waals surface area contributed by atoms with E-state index in [1.807, 2.05) is 0 Å². The minimum absolute atomic E-state index is 0.426. The molecule has 1 saturated carbocycles. The molecule has 0 radical (unpaired) electrons. The van der Waals surface area contributed by atoms with Gasteiger partial charge in [0.15, 0.2) is 0 Å². The summed E-state index contributed by atoms with van der Waals surface area (Å²) in [5.41, 5.74) is 0.